The highest BCUT2D eigenvalue weighted by molar-refractivity contribution is 7.90. The van der Waals surface area contributed by atoms with Crippen LogP contribution in [0.3, 0.4) is 0 Å². The lowest BCUT2D eigenvalue weighted by molar-refractivity contribution is 0.0863. The molecular weight excluding hydrogens is 453 g/mol. The van der Waals surface area contributed by atoms with E-state index in [1.165, 1.54) is 10.5 Å². The number of pyridine rings is 1. The van der Waals surface area contributed by atoms with Gasteiger partial charge in [-0.05, 0) is 69.4 Å². The van der Waals surface area contributed by atoms with Crippen LogP contribution in [0.25, 0.3) is 0 Å². The molecule has 2 fully saturated rings. The molecule has 0 atom stereocenters. The minimum atomic E-state index is -3.31. The molecule has 1 aliphatic carbocycles. The third-order valence-corrected chi connectivity index (χ3v) is 9.59. The van der Waals surface area contributed by atoms with Crippen LogP contribution in [-0.4, -0.2) is 42.0 Å². The summed E-state index contributed by atoms with van der Waals surface area (Å²) in [4.78, 5) is 19.1. The van der Waals surface area contributed by atoms with E-state index in [0.717, 1.165) is 5.56 Å². The SMILES string of the molecule is CC1(C)c2cc(Cl)ccc2C(=O)N1c1cncc(C2(F)CCN(S(=O)(=O)C3CC3)CC2)c1. The van der Waals surface area contributed by atoms with Gasteiger partial charge in [0.05, 0.1) is 22.7 Å². The number of sulfonamides is 1. The van der Waals surface area contributed by atoms with Crippen LogP contribution in [0, 0.1) is 0 Å². The second-order valence-electron chi connectivity index (χ2n) is 9.43. The lowest BCUT2D eigenvalue weighted by atomic mass is 9.87. The average molecular weight is 478 g/mol. The van der Waals surface area contributed by atoms with Crippen LogP contribution in [0.1, 0.15) is 61.0 Å². The Bertz CT molecular complexity index is 1200. The lowest BCUT2D eigenvalue weighted by Crippen LogP contribution is -2.44. The maximum Gasteiger partial charge on any atom is 0.259 e. The first-order chi connectivity index (χ1) is 15.0. The number of halogens is 2. The third-order valence-electron chi connectivity index (χ3n) is 6.95. The Labute approximate surface area is 192 Å². The number of hydrogen-bond donors (Lipinski definition) is 0. The highest BCUT2D eigenvalue weighted by atomic mass is 35.5. The quantitative estimate of drug-likeness (QED) is 0.655. The summed E-state index contributed by atoms with van der Waals surface area (Å²) in [6.07, 6.45) is 4.56. The average Bonchev–Trinajstić information content (AvgIpc) is 3.58. The van der Waals surface area contributed by atoms with Gasteiger partial charge in [0.2, 0.25) is 10.0 Å². The van der Waals surface area contributed by atoms with Crippen molar-refractivity contribution in [3.8, 4) is 0 Å². The molecule has 1 aromatic heterocycles. The minimum absolute atomic E-state index is 0.0667. The number of aromatic nitrogens is 1. The molecule has 2 aliphatic heterocycles. The first-order valence-corrected chi connectivity index (χ1v) is 12.7. The normalized spacial score (nSPS) is 22.8. The fourth-order valence-electron chi connectivity index (χ4n) is 4.90. The topological polar surface area (TPSA) is 70.6 Å². The number of alkyl halides is 1. The van der Waals surface area contributed by atoms with Crippen molar-refractivity contribution < 1.29 is 17.6 Å². The summed E-state index contributed by atoms with van der Waals surface area (Å²) < 4.78 is 42.4. The van der Waals surface area contributed by atoms with Crippen LogP contribution in [-0.2, 0) is 21.2 Å². The van der Waals surface area contributed by atoms with Gasteiger partial charge in [0.25, 0.3) is 5.91 Å². The van der Waals surface area contributed by atoms with E-state index in [4.69, 9.17) is 11.6 Å². The number of piperidine rings is 1. The second-order valence-corrected chi connectivity index (χ2v) is 12.1. The number of nitrogens with zero attached hydrogens (tertiary/aromatic N) is 3. The van der Waals surface area contributed by atoms with Crippen LogP contribution in [0.5, 0.6) is 0 Å². The summed E-state index contributed by atoms with van der Waals surface area (Å²) in [7, 11) is -3.31. The van der Waals surface area contributed by atoms with E-state index < -0.39 is 21.2 Å². The van der Waals surface area contributed by atoms with Gasteiger partial charge in [0, 0.05) is 35.4 Å². The van der Waals surface area contributed by atoms with Crippen molar-refractivity contribution in [1.29, 1.82) is 0 Å². The molecule has 3 heterocycles. The zero-order valence-electron chi connectivity index (χ0n) is 18.0. The van der Waals surface area contributed by atoms with Crippen LogP contribution in [0.2, 0.25) is 5.02 Å². The molecule has 0 unspecified atom stereocenters. The highest BCUT2D eigenvalue weighted by Gasteiger charge is 2.47. The Morgan fingerprint density at radius 2 is 1.81 bits per heavy atom. The van der Waals surface area contributed by atoms with E-state index in [2.05, 4.69) is 4.98 Å². The Kier molecular flexibility index (Phi) is 4.93. The van der Waals surface area contributed by atoms with Crippen molar-refractivity contribution in [3.05, 3.63) is 58.4 Å². The molecule has 170 valence electrons. The standard InChI is InChI=1S/C23H25ClFN3O3S/c1-22(2)20-12-16(24)3-6-19(20)21(29)28(22)17-11-15(13-26-14-17)23(25)7-9-27(10-8-23)32(30,31)18-4-5-18/h3,6,11-14,18H,4-5,7-10H2,1-2H3. The second kappa shape index (κ2) is 7.23. The van der Waals surface area contributed by atoms with Gasteiger partial charge in [-0.1, -0.05) is 11.6 Å². The fraction of sp³-hybridized carbons (Fsp3) is 0.478. The zero-order valence-corrected chi connectivity index (χ0v) is 19.6. The molecule has 0 N–H and O–H groups in total. The summed E-state index contributed by atoms with van der Waals surface area (Å²) in [5.41, 5.74) is -0.108. The zero-order chi connectivity index (χ0) is 22.9. The largest absolute Gasteiger partial charge is 0.297 e. The van der Waals surface area contributed by atoms with Gasteiger partial charge in [-0.25, -0.2) is 17.1 Å². The molecule has 2 aromatic rings. The number of rotatable bonds is 4. The lowest BCUT2D eigenvalue weighted by Gasteiger charge is -2.37. The van der Waals surface area contributed by atoms with Crippen molar-refractivity contribution >= 4 is 33.2 Å². The predicted molar refractivity (Wildman–Crippen MR) is 121 cm³/mol. The summed E-state index contributed by atoms with van der Waals surface area (Å²) in [6.45, 7) is 4.15. The Balaban J connectivity index is 1.43. The van der Waals surface area contributed by atoms with Gasteiger partial charge < -0.3 is 0 Å². The predicted octanol–water partition coefficient (Wildman–Crippen LogP) is 4.38. The molecule has 1 saturated carbocycles. The van der Waals surface area contributed by atoms with Crippen LogP contribution < -0.4 is 4.90 Å². The van der Waals surface area contributed by atoms with Crippen molar-refractivity contribution in [2.24, 2.45) is 0 Å². The molecule has 3 aliphatic rings. The van der Waals surface area contributed by atoms with Gasteiger partial charge in [0.1, 0.15) is 5.67 Å². The Hall–Kier alpha value is -2.03. The Morgan fingerprint density at radius 3 is 2.47 bits per heavy atom. The van der Waals surface area contributed by atoms with Crippen molar-refractivity contribution in [3.63, 3.8) is 0 Å². The number of carbonyl (C=O) groups is 1. The van der Waals surface area contributed by atoms with E-state index in [1.54, 1.807) is 35.4 Å². The Morgan fingerprint density at radius 1 is 1.12 bits per heavy atom. The molecule has 5 rings (SSSR count). The number of carbonyl (C=O) groups excluding carboxylic acids is 1. The van der Waals surface area contributed by atoms with Gasteiger partial charge in [-0.3, -0.25) is 14.7 Å². The molecule has 1 amide bonds. The molecule has 0 radical (unpaired) electrons. The van der Waals surface area contributed by atoms with Gasteiger partial charge in [0.15, 0.2) is 0 Å². The van der Waals surface area contributed by atoms with E-state index in [-0.39, 0.29) is 37.1 Å². The molecule has 32 heavy (non-hydrogen) atoms. The molecule has 1 saturated heterocycles. The third kappa shape index (κ3) is 3.35. The summed E-state index contributed by atoms with van der Waals surface area (Å²) >= 11 is 6.17. The number of amides is 1. The monoisotopic (exact) mass is 477 g/mol. The molecule has 0 bridgehead atoms. The van der Waals surface area contributed by atoms with Gasteiger partial charge >= 0.3 is 0 Å². The fourth-order valence-corrected chi connectivity index (χ4v) is 6.92. The highest BCUT2D eigenvalue weighted by Crippen LogP contribution is 2.45. The minimum Gasteiger partial charge on any atom is -0.297 e. The number of fused-ring (bicyclic) bond motifs is 1. The van der Waals surface area contributed by atoms with Gasteiger partial charge in [-0.15, -0.1) is 0 Å². The van der Waals surface area contributed by atoms with E-state index in [9.17, 15) is 13.2 Å². The first kappa shape index (κ1) is 21.8. The van der Waals surface area contributed by atoms with Crippen LogP contribution in [0.15, 0.2) is 36.7 Å². The maximum atomic E-state index is 16.0. The smallest absolute Gasteiger partial charge is 0.259 e. The summed E-state index contributed by atoms with van der Waals surface area (Å²) in [6, 6.07) is 6.86. The molecular formula is C23H25ClFN3O3S. The number of anilines is 1. The van der Waals surface area contributed by atoms with Crippen molar-refractivity contribution in [2.75, 3.05) is 18.0 Å². The van der Waals surface area contributed by atoms with Crippen molar-refractivity contribution in [1.82, 2.24) is 9.29 Å². The number of benzene rings is 1. The van der Waals surface area contributed by atoms with E-state index in [1.807, 2.05) is 13.8 Å². The summed E-state index contributed by atoms with van der Waals surface area (Å²) in [5.74, 6) is -0.182. The number of hydrogen-bond acceptors (Lipinski definition) is 4. The van der Waals surface area contributed by atoms with Crippen LogP contribution >= 0.6 is 11.6 Å². The summed E-state index contributed by atoms with van der Waals surface area (Å²) in [5, 5.41) is 0.257. The maximum absolute atomic E-state index is 16.0. The molecule has 1 aromatic carbocycles. The molecule has 0 spiro atoms. The molecule has 9 heteroatoms. The van der Waals surface area contributed by atoms with Crippen molar-refractivity contribution in [2.45, 2.75) is 56.0 Å². The molecule has 6 nitrogen and oxygen atoms in total. The van der Waals surface area contributed by atoms with E-state index in [0.29, 0.717) is 34.7 Å². The van der Waals surface area contributed by atoms with E-state index >= 15 is 4.39 Å². The van der Waals surface area contributed by atoms with Crippen LogP contribution in [0.4, 0.5) is 10.1 Å². The first-order valence-electron chi connectivity index (χ1n) is 10.8. The van der Waals surface area contributed by atoms with Gasteiger partial charge in [-0.2, -0.15) is 0 Å².